The third-order valence-corrected chi connectivity index (χ3v) is 5.92. The third-order valence-electron chi connectivity index (χ3n) is 5.92. The molecule has 0 radical (unpaired) electrons. The number of rotatable bonds is 5. The predicted octanol–water partition coefficient (Wildman–Crippen LogP) is 5.69. The van der Waals surface area contributed by atoms with Crippen LogP contribution in [0.2, 0.25) is 0 Å². The number of aromatic nitrogens is 1. The van der Waals surface area contributed by atoms with Crippen molar-refractivity contribution in [2.75, 3.05) is 13.2 Å². The number of carbonyl (C=O) groups is 1. The molecule has 2 aromatic carbocycles. The highest BCUT2D eigenvalue weighted by Gasteiger charge is 2.28. The van der Waals surface area contributed by atoms with Crippen molar-refractivity contribution in [1.82, 2.24) is 4.57 Å². The summed E-state index contributed by atoms with van der Waals surface area (Å²) in [5.74, 6) is 0.326. The fourth-order valence-electron chi connectivity index (χ4n) is 4.75. The summed E-state index contributed by atoms with van der Waals surface area (Å²) in [6, 6.07) is 12.4. The Morgan fingerprint density at radius 2 is 1.90 bits per heavy atom. The Bertz CT molecular complexity index is 1100. The van der Waals surface area contributed by atoms with E-state index in [0.717, 1.165) is 40.2 Å². The van der Waals surface area contributed by atoms with Crippen LogP contribution < -0.4 is 4.74 Å². The quantitative estimate of drug-likeness (QED) is 0.525. The molecule has 1 saturated carbocycles. The van der Waals surface area contributed by atoms with Gasteiger partial charge >= 0.3 is 5.97 Å². The first kappa shape index (κ1) is 19.3. The van der Waals surface area contributed by atoms with Crippen LogP contribution >= 0.6 is 0 Å². The van der Waals surface area contributed by atoms with Crippen LogP contribution in [0, 0.1) is 18.3 Å². The van der Waals surface area contributed by atoms with Crippen molar-refractivity contribution in [3.05, 3.63) is 41.6 Å². The maximum Gasteiger partial charge on any atom is 0.340 e. The molecule has 29 heavy (non-hydrogen) atoms. The second kappa shape index (κ2) is 8.16. The van der Waals surface area contributed by atoms with Gasteiger partial charge in [-0.05, 0) is 32.8 Å². The first-order valence-corrected chi connectivity index (χ1v) is 10.4. The molecule has 5 heteroatoms. The Kier molecular flexibility index (Phi) is 5.44. The summed E-state index contributed by atoms with van der Waals surface area (Å²) in [5.41, 5.74) is 2.63. The van der Waals surface area contributed by atoms with Crippen LogP contribution in [0.15, 0.2) is 30.3 Å². The molecular weight excluding hydrogens is 364 g/mol. The molecule has 0 unspecified atom stereocenters. The number of benzene rings is 2. The molecular formula is C24H26N2O3. The van der Waals surface area contributed by atoms with Gasteiger partial charge in [-0.3, -0.25) is 0 Å². The lowest BCUT2D eigenvalue weighted by Crippen LogP contribution is -2.15. The summed E-state index contributed by atoms with van der Waals surface area (Å²) in [7, 11) is 0. The largest absolute Gasteiger partial charge is 0.478 e. The van der Waals surface area contributed by atoms with Gasteiger partial charge in [-0.1, -0.05) is 43.5 Å². The Labute approximate surface area is 170 Å². The second-order valence-corrected chi connectivity index (χ2v) is 7.61. The van der Waals surface area contributed by atoms with E-state index in [1.807, 2.05) is 44.2 Å². The second-order valence-electron chi connectivity index (χ2n) is 7.61. The van der Waals surface area contributed by atoms with Crippen molar-refractivity contribution in [1.29, 1.82) is 5.26 Å². The molecule has 1 fully saturated rings. The number of fused-ring (bicyclic) bond motifs is 3. The molecule has 0 saturated heterocycles. The number of nitriles is 1. The van der Waals surface area contributed by atoms with Gasteiger partial charge in [0.1, 0.15) is 11.8 Å². The zero-order valence-electron chi connectivity index (χ0n) is 17.0. The zero-order chi connectivity index (χ0) is 20.4. The molecule has 1 aliphatic carbocycles. The number of hydrogen-bond donors (Lipinski definition) is 0. The lowest BCUT2D eigenvalue weighted by molar-refractivity contribution is 0.0527. The average molecular weight is 390 g/mol. The Balaban J connectivity index is 2.06. The van der Waals surface area contributed by atoms with E-state index in [1.165, 1.54) is 19.3 Å². The molecule has 3 aromatic rings. The summed E-state index contributed by atoms with van der Waals surface area (Å²) < 4.78 is 13.5. The summed E-state index contributed by atoms with van der Waals surface area (Å²) in [5, 5.41) is 11.8. The first-order chi connectivity index (χ1) is 14.2. The topological polar surface area (TPSA) is 64.2 Å². The molecule has 5 nitrogen and oxygen atoms in total. The molecule has 1 aliphatic rings. The van der Waals surface area contributed by atoms with E-state index in [1.54, 1.807) is 0 Å². The van der Waals surface area contributed by atoms with E-state index in [0.29, 0.717) is 24.0 Å². The fraction of sp³-hybridized carbons (Fsp3) is 0.417. The molecule has 150 valence electrons. The number of ether oxygens (including phenoxy) is 2. The molecule has 0 amide bonds. The Morgan fingerprint density at radius 3 is 2.59 bits per heavy atom. The van der Waals surface area contributed by atoms with E-state index in [4.69, 9.17) is 14.7 Å². The van der Waals surface area contributed by atoms with Crippen LogP contribution in [0.5, 0.6) is 5.75 Å². The first-order valence-electron chi connectivity index (χ1n) is 10.4. The van der Waals surface area contributed by atoms with E-state index in [2.05, 4.69) is 10.6 Å². The molecule has 1 heterocycles. The minimum Gasteiger partial charge on any atom is -0.478 e. The summed E-state index contributed by atoms with van der Waals surface area (Å²) in [6.45, 7) is 4.14. The Hall–Kier alpha value is -3.00. The molecule has 0 atom stereocenters. The molecule has 4 rings (SSSR count). The predicted molar refractivity (Wildman–Crippen MR) is 113 cm³/mol. The van der Waals surface area contributed by atoms with Crippen LogP contribution in [0.4, 0.5) is 0 Å². The van der Waals surface area contributed by atoms with E-state index < -0.39 is 0 Å². The average Bonchev–Trinajstić information content (AvgIpc) is 3.04. The van der Waals surface area contributed by atoms with Crippen LogP contribution in [0.25, 0.3) is 21.7 Å². The van der Waals surface area contributed by atoms with Crippen molar-refractivity contribution in [3.63, 3.8) is 0 Å². The molecule has 0 N–H and O–H groups in total. The van der Waals surface area contributed by atoms with E-state index >= 15 is 0 Å². The monoisotopic (exact) mass is 390 g/mol. The molecule has 0 aliphatic heterocycles. The van der Waals surface area contributed by atoms with Gasteiger partial charge in [-0.2, -0.15) is 5.26 Å². The maximum atomic E-state index is 12.9. The highest BCUT2D eigenvalue weighted by Crippen LogP contribution is 2.42. The van der Waals surface area contributed by atoms with Crippen molar-refractivity contribution < 1.29 is 14.3 Å². The molecule has 0 spiro atoms. The van der Waals surface area contributed by atoms with Gasteiger partial charge in [0.2, 0.25) is 0 Å². The standard InChI is InChI=1S/C24H26N2O3/c1-3-28-24(27)22-16(2)26(17-9-5-4-6-10-17)23-19-12-8-7-11-18(19)21(15-20(22)23)29-14-13-25/h7-8,11-12,15,17H,3-6,9-10,14H2,1-2H3. The number of nitrogens with zero attached hydrogens (tertiary/aromatic N) is 2. The minimum atomic E-state index is -0.300. The van der Waals surface area contributed by atoms with Crippen LogP contribution in [-0.2, 0) is 4.74 Å². The normalized spacial score (nSPS) is 14.8. The minimum absolute atomic E-state index is 0.0352. The lowest BCUT2D eigenvalue weighted by Gasteiger charge is -2.26. The lowest BCUT2D eigenvalue weighted by atomic mass is 9.94. The SMILES string of the molecule is CCOC(=O)c1c(C)n(C2CCCCC2)c2c1cc(OCC#N)c1ccccc12. The van der Waals surface area contributed by atoms with Crippen molar-refractivity contribution in [2.45, 2.75) is 52.0 Å². The van der Waals surface area contributed by atoms with E-state index in [9.17, 15) is 4.79 Å². The van der Waals surface area contributed by atoms with Crippen LogP contribution in [0.1, 0.15) is 61.1 Å². The van der Waals surface area contributed by atoms with Gasteiger partial charge in [-0.25, -0.2) is 4.79 Å². The van der Waals surface area contributed by atoms with Gasteiger partial charge < -0.3 is 14.0 Å². The Morgan fingerprint density at radius 1 is 1.17 bits per heavy atom. The van der Waals surface area contributed by atoms with E-state index in [-0.39, 0.29) is 12.6 Å². The highest BCUT2D eigenvalue weighted by atomic mass is 16.5. The van der Waals surface area contributed by atoms with Crippen molar-refractivity contribution >= 4 is 27.6 Å². The van der Waals surface area contributed by atoms with Crippen LogP contribution in [-0.4, -0.2) is 23.8 Å². The zero-order valence-corrected chi connectivity index (χ0v) is 17.0. The van der Waals surface area contributed by atoms with Crippen LogP contribution in [0.3, 0.4) is 0 Å². The van der Waals surface area contributed by atoms with Gasteiger partial charge in [0.05, 0.1) is 17.7 Å². The fourth-order valence-corrected chi connectivity index (χ4v) is 4.75. The highest BCUT2D eigenvalue weighted by molar-refractivity contribution is 6.16. The third kappa shape index (κ3) is 3.33. The number of carbonyl (C=O) groups excluding carboxylic acids is 1. The van der Waals surface area contributed by atoms with Gasteiger partial charge in [0.25, 0.3) is 0 Å². The maximum absolute atomic E-state index is 12.9. The number of hydrogen-bond acceptors (Lipinski definition) is 4. The van der Waals surface area contributed by atoms with Gasteiger partial charge in [0, 0.05) is 27.9 Å². The molecule has 0 bridgehead atoms. The van der Waals surface area contributed by atoms with Gasteiger partial charge in [0.15, 0.2) is 6.61 Å². The van der Waals surface area contributed by atoms with Crippen molar-refractivity contribution in [2.24, 2.45) is 0 Å². The summed E-state index contributed by atoms with van der Waals surface area (Å²) in [6.07, 6.45) is 5.92. The molecule has 1 aromatic heterocycles. The summed E-state index contributed by atoms with van der Waals surface area (Å²) in [4.78, 5) is 12.9. The summed E-state index contributed by atoms with van der Waals surface area (Å²) >= 11 is 0. The number of esters is 1. The smallest absolute Gasteiger partial charge is 0.340 e. The van der Waals surface area contributed by atoms with Gasteiger partial charge in [-0.15, -0.1) is 0 Å². The van der Waals surface area contributed by atoms with Crippen molar-refractivity contribution in [3.8, 4) is 11.8 Å².